The number of nitrogens with zero attached hydrogens (tertiary/aromatic N) is 3. The molecule has 0 amide bonds. The van der Waals surface area contributed by atoms with Crippen LogP contribution >= 0.6 is 0 Å². The molecule has 1 aromatic heterocycles. The summed E-state index contributed by atoms with van der Waals surface area (Å²) >= 11 is 0. The van der Waals surface area contributed by atoms with Crippen LogP contribution in [0.15, 0.2) is 84.4 Å². The van der Waals surface area contributed by atoms with E-state index in [1.807, 2.05) is 37.3 Å². The third-order valence-corrected chi connectivity index (χ3v) is 7.86. The van der Waals surface area contributed by atoms with E-state index < -0.39 is 5.41 Å². The van der Waals surface area contributed by atoms with Crippen molar-refractivity contribution in [3.05, 3.63) is 95.7 Å². The molecule has 2 aliphatic carbocycles. The van der Waals surface area contributed by atoms with Crippen molar-refractivity contribution < 1.29 is 4.79 Å². The van der Waals surface area contributed by atoms with Gasteiger partial charge in [-0.15, -0.1) is 0 Å². The molecule has 4 heteroatoms. The normalized spacial score (nSPS) is 23.7. The van der Waals surface area contributed by atoms with Gasteiger partial charge in [0.1, 0.15) is 6.07 Å². The summed E-state index contributed by atoms with van der Waals surface area (Å²) in [7, 11) is 0. The maximum absolute atomic E-state index is 12.9. The predicted octanol–water partition coefficient (Wildman–Crippen LogP) is 6.18. The minimum absolute atomic E-state index is 0.0343. The van der Waals surface area contributed by atoms with Crippen molar-refractivity contribution >= 4 is 16.6 Å². The summed E-state index contributed by atoms with van der Waals surface area (Å²) in [5.74, 6) is -0.111. The largest absolute Gasteiger partial charge is 0.293 e. The molecule has 0 saturated carbocycles. The van der Waals surface area contributed by atoms with E-state index in [0.717, 1.165) is 46.3 Å². The van der Waals surface area contributed by atoms with Crippen molar-refractivity contribution in [2.45, 2.75) is 32.1 Å². The van der Waals surface area contributed by atoms with Gasteiger partial charge in [0.15, 0.2) is 5.78 Å². The molecule has 0 saturated heterocycles. The summed E-state index contributed by atoms with van der Waals surface area (Å²) in [6.45, 7) is 4.17. The zero-order valence-electron chi connectivity index (χ0n) is 19.3. The molecule has 0 bridgehead atoms. The number of allylic oxidation sites excluding steroid dienone is 2. The van der Waals surface area contributed by atoms with Gasteiger partial charge in [-0.2, -0.15) is 10.4 Å². The molecule has 0 N–H and O–H groups in total. The van der Waals surface area contributed by atoms with E-state index in [-0.39, 0.29) is 23.2 Å². The Balaban J connectivity index is 1.71. The number of carbonyl (C=O) groups is 1. The Hall–Kier alpha value is -3.97. The number of aromatic nitrogens is 2. The molecule has 6 rings (SSSR count). The van der Waals surface area contributed by atoms with Gasteiger partial charge in [-0.05, 0) is 30.2 Å². The van der Waals surface area contributed by atoms with Gasteiger partial charge in [-0.1, -0.05) is 86.7 Å². The third kappa shape index (κ3) is 2.83. The third-order valence-electron chi connectivity index (χ3n) is 7.86. The molecule has 0 fully saturated rings. The van der Waals surface area contributed by atoms with Crippen LogP contribution < -0.4 is 0 Å². The van der Waals surface area contributed by atoms with E-state index in [1.54, 1.807) is 0 Å². The molecule has 1 heterocycles. The standard InChI is InChI=1S/C30H25N3O/c1-19-25-16-15-24-27(21-10-4-3-5-11-21)32-33(26-14-8-12-20-9-6-7-13-23(20)26)29(24)30(25,2)17-22(18-31)28(19)34/h3-14,17,19,25H,15-16H2,1-2H3/t19-,25-,30-/m1/s1. The molecule has 3 aromatic carbocycles. The SMILES string of the molecule is C[C@H]1C(=O)C(C#N)=C[C@@]2(C)c3c(c(-c4ccccc4)nn3-c3cccc4ccccc34)CC[C@H]12. The average molecular weight is 444 g/mol. The van der Waals surface area contributed by atoms with Crippen molar-refractivity contribution in [2.24, 2.45) is 11.8 Å². The zero-order chi connectivity index (χ0) is 23.4. The second-order valence-corrected chi connectivity index (χ2v) is 9.70. The summed E-state index contributed by atoms with van der Waals surface area (Å²) in [6, 6.07) is 27.2. The topological polar surface area (TPSA) is 58.7 Å². The number of hydrogen-bond donors (Lipinski definition) is 0. The Morgan fingerprint density at radius 3 is 2.56 bits per heavy atom. The number of ketones is 1. The second kappa shape index (κ2) is 7.53. The molecule has 0 spiro atoms. The number of carbonyl (C=O) groups excluding carboxylic acids is 1. The van der Waals surface area contributed by atoms with E-state index in [4.69, 9.17) is 5.10 Å². The maximum atomic E-state index is 12.9. The minimum Gasteiger partial charge on any atom is -0.293 e. The Labute approximate surface area is 199 Å². The molecular weight excluding hydrogens is 418 g/mol. The zero-order valence-corrected chi connectivity index (χ0v) is 19.3. The molecule has 3 atom stereocenters. The molecule has 34 heavy (non-hydrogen) atoms. The van der Waals surface area contributed by atoms with Crippen molar-refractivity contribution in [1.29, 1.82) is 5.26 Å². The number of hydrogen-bond acceptors (Lipinski definition) is 3. The van der Waals surface area contributed by atoms with Crippen LogP contribution in [0.25, 0.3) is 27.7 Å². The van der Waals surface area contributed by atoms with Crippen LogP contribution in [0.2, 0.25) is 0 Å². The van der Waals surface area contributed by atoms with Gasteiger partial charge in [0.05, 0.1) is 22.6 Å². The Morgan fingerprint density at radius 1 is 1.03 bits per heavy atom. The van der Waals surface area contributed by atoms with Crippen molar-refractivity contribution in [2.75, 3.05) is 0 Å². The first kappa shape index (κ1) is 20.6. The van der Waals surface area contributed by atoms with Gasteiger partial charge in [0.2, 0.25) is 0 Å². The highest BCUT2D eigenvalue weighted by Crippen LogP contribution is 2.52. The Kier molecular flexibility index (Phi) is 4.57. The Bertz CT molecular complexity index is 1520. The fraction of sp³-hybridized carbons (Fsp3) is 0.233. The fourth-order valence-electron chi connectivity index (χ4n) is 6.24. The highest BCUT2D eigenvalue weighted by atomic mass is 16.1. The van der Waals surface area contributed by atoms with Gasteiger partial charge in [0.25, 0.3) is 0 Å². The lowest BCUT2D eigenvalue weighted by Crippen LogP contribution is -2.46. The number of nitriles is 1. The smallest absolute Gasteiger partial charge is 0.176 e. The Morgan fingerprint density at radius 2 is 1.76 bits per heavy atom. The minimum atomic E-state index is -0.469. The summed E-state index contributed by atoms with van der Waals surface area (Å²) in [5.41, 5.74) is 5.21. The second-order valence-electron chi connectivity index (χ2n) is 9.70. The number of fused-ring (bicyclic) bond motifs is 4. The number of benzene rings is 3. The van der Waals surface area contributed by atoms with Gasteiger partial charge < -0.3 is 0 Å². The number of rotatable bonds is 2. The van der Waals surface area contributed by atoms with Crippen molar-refractivity contribution in [1.82, 2.24) is 9.78 Å². The highest BCUT2D eigenvalue weighted by molar-refractivity contribution is 6.02. The van der Waals surface area contributed by atoms with Crippen LogP contribution in [-0.2, 0) is 16.6 Å². The lowest BCUT2D eigenvalue weighted by Gasteiger charge is -2.45. The van der Waals surface area contributed by atoms with Crippen LogP contribution in [0.1, 0.15) is 31.5 Å². The lowest BCUT2D eigenvalue weighted by molar-refractivity contribution is -0.121. The fourth-order valence-corrected chi connectivity index (χ4v) is 6.24. The van der Waals surface area contributed by atoms with E-state index in [9.17, 15) is 10.1 Å². The maximum Gasteiger partial charge on any atom is 0.176 e. The highest BCUT2D eigenvalue weighted by Gasteiger charge is 2.50. The van der Waals surface area contributed by atoms with E-state index in [0.29, 0.717) is 0 Å². The number of Topliss-reactive ketones (excluding diaryl/α,β-unsaturated/α-hetero) is 1. The van der Waals surface area contributed by atoms with E-state index in [2.05, 4.69) is 66.2 Å². The summed E-state index contributed by atoms with van der Waals surface area (Å²) in [4.78, 5) is 12.9. The van der Waals surface area contributed by atoms with Gasteiger partial charge in [0, 0.05) is 27.8 Å². The van der Waals surface area contributed by atoms with Gasteiger partial charge in [-0.3, -0.25) is 4.79 Å². The van der Waals surface area contributed by atoms with Crippen molar-refractivity contribution in [3.8, 4) is 23.0 Å². The summed E-state index contributed by atoms with van der Waals surface area (Å²) in [5, 5.41) is 17.3. The molecule has 166 valence electrons. The van der Waals surface area contributed by atoms with Gasteiger partial charge >= 0.3 is 0 Å². The first-order valence-corrected chi connectivity index (χ1v) is 11.9. The molecule has 0 unspecified atom stereocenters. The molecule has 0 radical (unpaired) electrons. The monoisotopic (exact) mass is 443 g/mol. The van der Waals surface area contributed by atoms with Crippen LogP contribution in [0.4, 0.5) is 0 Å². The molecule has 2 aliphatic rings. The summed E-state index contributed by atoms with van der Waals surface area (Å²) < 4.78 is 2.10. The van der Waals surface area contributed by atoms with Gasteiger partial charge in [-0.25, -0.2) is 4.68 Å². The van der Waals surface area contributed by atoms with Crippen LogP contribution in [-0.4, -0.2) is 15.6 Å². The molecule has 4 nitrogen and oxygen atoms in total. The predicted molar refractivity (Wildman–Crippen MR) is 134 cm³/mol. The van der Waals surface area contributed by atoms with Crippen LogP contribution in [0.3, 0.4) is 0 Å². The first-order chi connectivity index (χ1) is 16.5. The van der Waals surface area contributed by atoms with Crippen molar-refractivity contribution in [3.63, 3.8) is 0 Å². The molecule has 0 aliphatic heterocycles. The molecular formula is C30H25N3O. The van der Waals surface area contributed by atoms with Crippen LogP contribution in [0.5, 0.6) is 0 Å². The average Bonchev–Trinajstić information content (AvgIpc) is 3.27. The van der Waals surface area contributed by atoms with E-state index in [1.165, 1.54) is 5.56 Å². The molecule has 4 aromatic rings. The first-order valence-electron chi connectivity index (χ1n) is 11.9. The van der Waals surface area contributed by atoms with E-state index >= 15 is 0 Å². The quantitative estimate of drug-likeness (QED) is 0.372. The lowest BCUT2D eigenvalue weighted by atomic mass is 9.57. The summed E-state index contributed by atoms with van der Waals surface area (Å²) in [6.07, 6.45) is 3.68. The van der Waals surface area contributed by atoms with Crippen LogP contribution in [0, 0.1) is 23.2 Å².